The van der Waals surface area contributed by atoms with Crippen molar-refractivity contribution in [1.82, 2.24) is 9.88 Å². The molecule has 1 aliphatic heterocycles. The average Bonchev–Trinajstić information content (AvgIpc) is 3.00. The van der Waals surface area contributed by atoms with E-state index in [0.29, 0.717) is 12.5 Å². The molecule has 1 aromatic heterocycles. The monoisotopic (exact) mass is 346 g/mol. The van der Waals surface area contributed by atoms with Crippen molar-refractivity contribution in [3.05, 3.63) is 58.3 Å². The molecule has 1 fully saturated rings. The molecule has 0 bridgehead atoms. The molecule has 1 N–H and O–H groups in total. The van der Waals surface area contributed by atoms with Gasteiger partial charge in [0.25, 0.3) is 0 Å². The zero-order valence-corrected chi connectivity index (χ0v) is 13.5. The van der Waals surface area contributed by atoms with Gasteiger partial charge in [-0.3, -0.25) is 4.79 Å². The SMILES string of the molecule is O=C(Cc1ccc(Br)cc1)c1cccn1C1CCNCC1. The van der Waals surface area contributed by atoms with Gasteiger partial charge in [-0.1, -0.05) is 28.1 Å². The summed E-state index contributed by atoms with van der Waals surface area (Å²) >= 11 is 3.42. The summed E-state index contributed by atoms with van der Waals surface area (Å²) in [7, 11) is 0. The molecule has 1 aliphatic rings. The number of nitrogens with zero attached hydrogens (tertiary/aromatic N) is 1. The Labute approximate surface area is 133 Å². The Morgan fingerprint density at radius 1 is 1.19 bits per heavy atom. The molecular weight excluding hydrogens is 328 g/mol. The van der Waals surface area contributed by atoms with Crippen LogP contribution in [0.5, 0.6) is 0 Å². The number of hydrogen-bond acceptors (Lipinski definition) is 2. The summed E-state index contributed by atoms with van der Waals surface area (Å²) in [6, 6.07) is 12.3. The lowest BCUT2D eigenvalue weighted by Crippen LogP contribution is -2.30. The highest BCUT2D eigenvalue weighted by atomic mass is 79.9. The first-order valence-corrected chi connectivity index (χ1v) is 8.18. The predicted octanol–water partition coefficient (Wildman–Crippen LogP) is 3.60. The molecule has 21 heavy (non-hydrogen) atoms. The number of halogens is 1. The van der Waals surface area contributed by atoms with Gasteiger partial charge in [0.2, 0.25) is 0 Å². The van der Waals surface area contributed by atoms with Gasteiger partial charge in [0, 0.05) is 23.1 Å². The molecule has 1 aromatic carbocycles. The van der Waals surface area contributed by atoms with E-state index in [1.165, 1.54) is 0 Å². The third-order valence-corrected chi connectivity index (χ3v) is 4.57. The summed E-state index contributed by atoms with van der Waals surface area (Å²) in [6.45, 7) is 2.06. The van der Waals surface area contributed by atoms with Gasteiger partial charge in [-0.15, -0.1) is 0 Å². The number of piperidine rings is 1. The largest absolute Gasteiger partial charge is 0.342 e. The van der Waals surface area contributed by atoms with Crippen LogP contribution in [0.15, 0.2) is 47.1 Å². The molecule has 3 nitrogen and oxygen atoms in total. The van der Waals surface area contributed by atoms with Crippen LogP contribution in [0.2, 0.25) is 0 Å². The second-order valence-electron chi connectivity index (χ2n) is 5.51. The van der Waals surface area contributed by atoms with Crippen LogP contribution in [0.4, 0.5) is 0 Å². The molecule has 2 aromatic rings. The zero-order chi connectivity index (χ0) is 14.7. The van der Waals surface area contributed by atoms with Crippen LogP contribution >= 0.6 is 15.9 Å². The van der Waals surface area contributed by atoms with E-state index in [1.54, 1.807) is 0 Å². The maximum absolute atomic E-state index is 12.6. The van der Waals surface area contributed by atoms with Crippen molar-refractivity contribution in [1.29, 1.82) is 0 Å². The standard InChI is InChI=1S/C17H19BrN2O/c18-14-5-3-13(4-6-14)12-17(21)16-2-1-11-20(16)15-7-9-19-10-8-15/h1-6,11,15,19H,7-10,12H2. The third kappa shape index (κ3) is 3.44. The Kier molecular flexibility index (Phi) is 4.56. The van der Waals surface area contributed by atoms with E-state index >= 15 is 0 Å². The summed E-state index contributed by atoms with van der Waals surface area (Å²) in [5.41, 5.74) is 1.89. The van der Waals surface area contributed by atoms with Crippen LogP contribution in [-0.4, -0.2) is 23.4 Å². The molecule has 0 saturated carbocycles. The van der Waals surface area contributed by atoms with E-state index in [1.807, 2.05) is 42.6 Å². The summed E-state index contributed by atoms with van der Waals surface area (Å²) in [6.07, 6.45) is 4.69. The molecule has 0 spiro atoms. The molecule has 0 atom stereocenters. The minimum atomic E-state index is 0.195. The van der Waals surface area contributed by atoms with Crippen molar-refractivity contribution in [3.8, 4) is 0 Å². The van der Waals surface area contributed by atoms with E-state index in [0.717, 1.165) is 41.7 Å². The lowest BCUT2D eigenvalue weighted by Gasteiger charge is -2.25. The van der Waals surface area contributed by atoms with E-state index in [2.05, 4.69) is 25.8 Å². The van der Waals surface area contributed by atoms with E-state index in [9.17, 15) is 4.79 Å². The molecule has 4 heteroatoms. The number of nitrogens with one attached hydrogen (secondary N) is 1. The Bertz CT molecular complexity index is 612. The fraction of sp³-hybridized carbons (Fsp3) is 0.353. The van der Waals surface area contributed by atoms with Crippen molar-refractivity contribution in [2.45, 2.75) is 25.3 Å². The number of benzene rings is 1. The zero-order valence-electron chi connectivity index (χ0n) is 11.9. The fourth-order valence-electron chi connectivity index (χ4n) is 2.91. The van der Waals surface area contributed by atoms with Gasteiger partial charge >= 0.3 is 0 Å². The Morgan fingerprint density at radius 3 is 2.62 bits per heavy atom. The number of aromatic nitrogens is 1. The summed E-state index contributed by atoms with van der Waals surface area (Å²) in [5.74, 6) is 0.195. The molecular formula is C17H19BrN2O. The van der Waals surface area contributed by atoms with E-state index in [4.69, 9.17) is 0 Å². The van der Waals surface area contributed by atoms with Crippen LogP contribution in [0.3, 0.4) is 0 Å². The molecule has 1 saturated heterocycles. The second-order valence-corrected chi connectivity index (χ2v) is 6.42. The average molecular weight is 347 g/mol. The summed E-state index contributed by atoms with van der Waals surface area (Å²) < 4.78 is 3.21. The molecule has 2 heterocycles. The topological polar surface area (TPSA) is 34.0 Å². The van der Waals surface area contributed by atoms with Crippen molar-refractivity contribution in [3.63, 3.8) is 0 Å². The van der Waals surface area contributed by atoms with Crippen molar-refractivity contribution in [2.24, 2.45) is 0 Å². The quantitative estimate of drug-likeness (QED) is 0.858. The summed E-state index contributed by atoms with van der Waals surface area (Å²) in [4.78, 5) is 12.6. The van der Waals surface area contributed by atoms with E-state index < -0.39 is 0 Å². The van der Waals surface area contributed by atoms with Gasteiger partial charge in [-0.25, -0.2) is 0 Å². The van der Waals surface area contributed by atoms with Crippen LogP contribution in [-0.2, 0) is 6.42 Å². The maximum Gasteiger partial charge on any atom is 0.183 e. The van der Waals surface area contributed by atoms with Crippen LogP contribution in [0.1, 0.15) is 34.9 Å². The van der Waals surface area contributed by atoms with Gasteiger partial charge in [0.1, 0.15) is 0 Å². The minimum Gasteiger partial charge on any atom is -0.342 e. The maximum atomic E-state index is 12.6. The molecule has 0 radical (unpaired) electrons. The number of hydrogen-bond donors (Lipinski definition) is 1. The molecule has 0 aliphatic carbocycles. The van der Waals surface area contributed by atoms with Crippen molar-refractivity contribution in [2.75, 3.05) is 13.1 Å². The Hall–Kier alpha value is -1.39. The predicted molar refractivity (Wildman–Crippen MR) is 87.7 cm³/mol. The fourth-order valence-corrected chi connectivity index (χ4v) is 3.18. The molecule has 110 valence electrons. The molecule has 0 amide bonds. The first-order chi connectivity index (χ1) is 10.2. The Morgan fingerprint density at radius 2 is 1.90 bits per heavy atom. The number of Topliss-reactive ketones (excluding diaryl/α,β-unsaturated/α-hetero) is 1. The van der Waals surface area contributed by atoms with Gasteiger partial charge in [0.15, 0.2) is 5.78 Å². The molecule has 3 rings (SSSR count). The van der Waals surface area contributed by atoms with E-state index in [-0.39, 0.29) is 5.78 Å². The van der Waals surface area contributed by atoms with Gasteiger partial charge in [-0.05, 0) is 55.8 Å². The van der Waals surface area contributed by atoms with Crippen LogP contribution < -0.4 is 5.32 Å². The minimum absolute atomic E-state index is 0.195. The highest BCUT2D eigenvalue weighted by Crippen LogP contribution is 2.22. The van der Waals surface area contributed by atoms with Crippen molar-refractivity contribution >= 4 is 21.7 Å². The first-order valence-electron chi connectivity index (χ1n) is 7.39. The highest BCUT2D eigenvalue weighted by Gasteiger charge is 2.19. The number of carbonyl (C=O) groups excluding carboxylic acids is 1. The van der Waals surface area contributed by atoms with Crippen molar-refractivity contribution < 1.29 is 4.79 Å². The number of carbonyl (C=O) groups is 1. The normalized spacial score (nSPS) is 16.0. The Balaban J connectivity index is 1.75. The van der Waals surface area contributed by atoms with Crippen LogP contribution in [0, 0.1) is 0 Å². The van der Waals surface area contributed by atoms with Crippen LogP contribution in [0.25, 0.3) is 0 Å². The summed E-state index contributed by atoms with van der Waals surface area (Å²) in [5, 5.41) is 3.37. The smallest absolute Gasteiger partial charge is 0.183 e. The molecule has 0 unspecified atom stereocenters. The first kappa shape index (κ1) is 14.5. The third-order valence-electron chi connectivity index (χ3n) is 4.04. The van der Waals surface area contributed by atoms with Gasteiger partial charge in [-0.2, -0.15) is 0 Å². The number of ketones is 1. The van der Waals surface area contributed by atoms with Gasteiger partial charge in [0.05, 0.1) is 5.69 Å². The van der Waals surface area contributed by atoms with Gasteiger partial charge < -0.3 is 9.88 Å². The highest BCUT2D eigenvalue weighted by molar-refractivity contribution is 9.10. The second kappa shape index (κ2) is 6.58. The lowest BCUT2D eigenvalue weighted by molar-refractivity contribution is 0.0980. The lowest BCUT2D eigenvalue weighted by atomic mass is 10.0. The number of rotatable bonds is 4.